The Morgan fingerprint density at radius 3 is 2.67 bits per heavy atom. The van der Waals surface area contributed by atoms with E-state index in [9.17, 15) is 5.11 Å². The maximum atomic E-state index is 9.48. The van der Waals surface area contributed by atoms with Gasteiger partial charge in [0, 0.05) is 6.20 Å². The van der Waals surface area contributed by atoms with E-state index in [1.54, 1.807) is 13.0 Å². The van der Waals surface area contributed by atoms with E-state index in [-0.39, 0.29) is 5.84 Å². The Kier molecular flexibility index (Phi) is 3.95. The molecule has 0 aromatic heterocycles. The van der Waals surface area contributed by atoms with E-state index in [4.69, 9.17) is 6.42 Å². The maximum Gasteiger partial charge on any atom is 0.182 e. The number of aliphatic imine (C=N–C) groups is 2. The largest absolute Gasteiger partial charge is 0.371 e. The van der Waals surface area contributed by atoms with Crippen LogP contribution in [0.15, 0.2) is 22.3 Å². The minimum absolute atomic E-state index is 0.128. The zero-order valence-corrected chi connectivity index (χ0v) is 7.28. The topological polar surface area (TPSA) is 45.0 Å². The van der Waals surface area contributed by atoms with Crippen molar-refractivity contribution in [3.63, 3.8) is 0 Å². The van der Waals surface area contributed by atoms with E-state index in [2.05, 4.69) is 22.6 Å². The Bertz CT molecular complexity index is 256. The molecule has 12 heavy (non-hydrogen) atoms. The third-order valence-corrected chi connectivity index (χ3v) is 1.21. The van der Waals surface area contributed by atoms with Crippen molar-refractivity contribution in [2.45, 2.75) is 19.4 Å². The highest BCUT2D eigenvalue weighted by Crippen LogP contribution is 2.05. The minimum atomic E-state index is -1.44. The summed E-state index contributed by atoms with van der Waals surface area (Å²) in [6.45, 7) is 6.49. The van der Waals surface area contributed by atoms with Gasteiger partial charge in [0.25, 0.3) is 0 Å². The SMILES string of the molecule is C#C[C@@](C)(O)C(N=C)=N/C=C\C. The number of aliphatic hydroxyl groups is 1. The summed E-state index contributed by atoms with van der Waals surface area (Å²) < 4.78 is 0. The first-order valence-corrected chi connectivity index (χ1v) is 3.44. The number of rotatable bonds is 2. The van der Waals surface area contributed by atoms with Crippen molar-refractivity contribution < 1.29 is 5.11 Å². The summed E-state index contributed by atoms with van der Waals surface area (Å²) in [6.07, 6.45) is 8.26. The van der Waals surface area contributed by atoms with Crippen LogP contribution in [0.4, 0.5) is 0 Å². The fourth-order valence-electron chi connectivity index (χ4n) is 0.530. The van der Waals surface area contributed by atoms with Crippen molar-refractivity contribution in [3.8, 4) is 12.3 Å². The molecule has 1 N–H and O–H groups in total. The van der Waals surface area contributed by atoms with Gasteiger partial charge in [0.1, 0.15) is 0 Å². The van der Waals surface area contributed by atoms with Gasteiger partial charge in [-0.3, -0.25) is 0 Å². The van der Waals surface area contributed by atoms with Crippen LogP contribution in [0.5, 0.6) is 0 Å². The van der Waals surface area contributed by atoms with Gasteiger partial charge in [-0.15, -0.1) is 6.42 Å². The van der Waals surface area contributed by atoms with Crippen LogP contribution in [0.1, 0.15) is 13.8 Å². The molecule has 0 saturated carbocycles. The first-order valence-electron chi connectivity index (χ1n) is 3.44. The summed E-state index contributed by atoms with van der Waals surface area (Å²) in [4.78, 5) is 7.34. The average molecular weight is 164 g/mol. The van der Waals surface area contributed by atoms with Crippen LogP contribution in [0.3, 0.4) is 0 Å². The zero-order chi connectivity index (χ0) is 9.61. The molecule has 0 heterocycles. The standard InChI is InChI=1S/C9H12N2O/c1-5-7-11-8(10-4)9(3,12)6-2/h2,5,7,12H,4H2,1,3H3/b7-5-,11-8?/t9-/m1/s1. The fraction of sp³-hybridized carbons (Fsp3) is 0.333. The van der Waals surface area contributed by atoms with Crippen molar-refractivity contribution in [3.05, 3.63) is 12.3 Å². The number of hydrogen-bond acceptors (Lipinski definition) is 2. The van der Waals surface area contributed by atoms with E-state index < -0.39 is 5.60 Å². The molecule has 3 heteroatoms. The Hall–Kier alpha value is -1.40. The number of hydrogen-bond donors (Lipinski definition) is 1. The molecule has 3 nitrogen and oxygen atoms in total. The molecule has 0 aliphatic carbocycles. The normalized spacial score (nSPS) is 17.0. The summed E-state index contributed by atoms with van der Waals surface area (Å²) >= 11 is 0. The molecule has 64 valence electrons. The number of allylic oxidation sites excluding steroid dienone is 1. The first kappa shape index (κ1) is 10.6. The molecule has 0 aliphatic heterocycles. The molecule has 0 bridgehead atoms. The lowest BCUT2D eigenvalue weighted by molar-refractivity contribution is 0.193. The fourth-order valence-corrected chi connectivity index (χ4v) is 0.530. The highest BCUT2D eigenvalue weighted by Gasteiger charge is 2.23. The quantitative estimate of drug-likeness (QED) is 0.369. The Labute approximate surface area is 72.6 Å². The average Bonchev–Trinajstić information content (AvgIpc) is 2.05. The number of terminal acetylenes is 1. The summed E-state index contributed by atoms with van der Waals surface area (Å²) in [5, 5.41) is 9.48. The summed E-state index contributed by atoms with van der Waals surface area (Å²) in [5.74, 6) is 2.29. The van der Waals surface area contributed by atoms with Crippen LogP contribution in [-0.4, -0.2) is 23.3 Å². The third-order valence-electron chi connectivity index (χ3n) is 1.21. The second-order valence-electron chi connectivity index (χ2n) is 2.31. The van der Waals surface area contributed by atoms with Gasteiger partial charge in [-0.1, -0.05) is 12.0 Å². The maximum absolute atomic E-state index is 9.48. The smallest absolute Gasteiger partial charge is 0.182 e. The summed E-state index contributed by atoms with van der Waals surface area (Å²) in [7, 11) is 0. The van der Waals surface area contributed by atoms with Crippen molar-refractivity contribution in [2.24, 2.45) is 9.98 Å². The highest BCUT2D eigenvalue weighted by atomic mass is 16.3. The lowest BCUT2D eigenvalue weighted by Crippen LogP contribution is -2.31. The highest BCUT2D eigenvalue weighted by molar-refractivity contribution is 5.96. The molecule has 0 spiro atoms. The van der Waals surface area contributed by atoms with E-state index in [1.807, 2.05) is 0 Å². The van der Waals surface area contributed by atoms with Gasteiger partial charge >= 0.3 is 0 Å². The van der Waals surface area contributed by atoms with Crippen LogP contribution in [0.25, 0.3) is 0 Å². The van der Waals surface area contributed by atoms with Crippen LogP contribution >= 0.6 is 0 Å². The molecule has 0 amide bonds. The zero-order valence-electron chi connectivity index (χ0n) is 7.28. The Balaban J connectivity index is 4.81. The Morgan fingerprint density at radius 2 is 2.33 bits per heavy atom. The van der Waals surface area contributed by atoms with Crippen LogP contribution < -0.4 is 0 Å². The van der Waals surface area contributed by atoms with Crippen molar-refractivity contribution in [1.29, 1.82) is 0 Å². The lowest BCUT2D eigenvalue weighted by atomic mass is 10.1. The van der Waals surface area contributed by atoms with Gasteiger partial charge in [-0.25, -0.2) is 9.98 Å². The predicted octanol–water partition coefficient (Wildman–Crippen LogP) is 1.00. The molecule has 0 saturated heterocycles. The van der Waals surface area contributed by atoms with Crippen molar-refractivity contribution >= 4 is 12.6 Å². The van der Waals surface area contributed by atoms with E-state index in [1.165, 1.54) is 13.1 Å². The molecular formula is C9H12N2O. The molecule has 0 aromatic carbocycles. The lowest BCUT2D eigenvalue weighted by Gasteiger charge is -2.13. The molecular weight excluding hydrogens is 152 g/mol. The molecule has 0 aromatic rings. The van der Waals surface area contributed by atoms with E-state index in [0.717, 1.165) is 0 Å². The van der Waals surface area contributed by atoms with Gasteiger partial charge < -0.3 is 5.11 Å². The van der Waals surface area contributed by atoms with Crippen LogP contribution in [0, 0.1) is 12.3 Å². The third kappa shape index (κ3) is 2.69. The minimum Gasteiger partial charge on any atom is -0.371 e. The van der Waals surface area contributed by atoms with Gasteiger partial charge in [0.05, 0.1) is 0 Å². The van der Waals surface area contributed by atoms with E-state index in [0.29, 0.717) is 0 Å². The predicted molar refractivity (Wildman–Crippen MR) is 51.3 cm³/mol. The summed E-state index contributed by atoms with van der Waals surface area (Å²) in [5.41, 5.74) is -1.44. The van der Waals surface area contributed by atoms with Crippen LogP contribution in [-0.2, 0) is 0 Å². The first-order chi connectivity index (χ1) is 5.58. The van der Waals surface area contributed by atoms with Crippen molar-refractivity contribution in [2.75, 3.05) is 0 Å². The Morgan fingerprint density at radius 1 is 1.75 bits per heavy atom. The van der Waals surface area contributed by atoms with Gasteiger partial charge in [-0.2, -0.15) is 0 Å². The molecule has 0 rings (SSSR count). The molecule has 0 radical (unpaired) electrons. The van der Waals surface area contributed by atoms with E-state index >= 15 is 0 Å². The summed E-state index contributed by atoms with van der Waals surface area (Å²) in [6, 6.07) is 0. The molecule has 0 unspecified atom stereocenters. The number of nitrogens with zero attached hydrogens (tertiary/aromatic N) is 2. The molecule has 0 aliphatic rings. The molecule has 0 fully saturated rings. The second-order valence-corrected chi connectivity index (χ2v) is 2.31. The van der Waals surface area contributed by atoms with Crippen molar-refractivity contribution in [1.82, 2.24) is 0 Å². The van der Waals surface area contributed by atoms with Crippen LogP contribution in [0.2, 0.25) is 0 Å². The second kappa shape index (κ2) is 4.47. The molecule has 1 atom stereocenters. The van der Waals surface area contributed by atoms with Gasteiger partial charge in [0.2, 0.25) is 0 Å². The van der Waals surface area contributed by atoms with Gasteiger partial charge in [0.15, 0.2) is 11.4 Å². The van der Waals surface area contributed by atoms with Gasteiger partial charge in [-0.05, 0) is 20.6 Å². The number of amidine groups is 1. The monoisotopic (exact) mass is 164 g/mol.